The van der Waals surface area contributed by atoms with E-state index in [2.05, 4.69) is 5.32 Å². The van der Waals surface area contributed by atoms with E-state index in [9.17, 15) is 14.0 Å². The summed E-state index contributed by atoms with van der Waals surface area (Å²) in [6.07, 6.45) is 3.35. The van der Waals surface area contributed by atoms with Crippen LogP contribution >= 0.6 is 0 Å². The molecule has 1 fully saturated rings. The molecule has 3 rings (SSSR count). The van der Waals surface area contributed by atoms with Crippen molar-refractivity contribution in [3.8, 4) is 0 Å². The number of rotatable bonds is 7. The van der Waals surface area contributed by atoms with Gasteiger partial charge in [-0.25, -0.2) is 4.39 Å². The summed E-state index contributed by atoms with van der Waals surface area (Å²) < 4.78 is 24.5. The van der Waals surface area contributed by atoms with Crippen molar-refractivity contribution >= 4 is 17.5 Å². The predicted molar refractivity (Wildman–Crippen MR) is 98.0 cm³/mol. The first kappa shape index (κ1) is 19.1. The Labute approximate surface area is 157 Å². The normalized spacial score (nSPS) is 16.3. The second-order valence-corrected chi connectivity index (χ2v) is 6.55. The summed E-state index contributed by atoms with van der Waals surface area (Å²) in [4.78, 5) is 26.7. The number of para-hydroxylation sites is 1. The zero-order chi connectivity index (χ0) is 19.2. The minimum atomic E-state index is -0.493. The number of hydrogen-bond acceptors (Lipinski definition) is 4. The van der Waals surface area contributed by atoms with Crippen molar-refractivity contribution in [2.45, 2.75) is 32.3 Å². The highest BCUT2D eigenvalue weighted by atomic mass is 19.1. The summed E-state index contributed by atoms with van der Waals surface area (Å²) in [5, 5.41) is 2.54. The van der Waals surface area contributed by atoms with E-state index >= 15 is 0 Å². The maximum absolute atomic E-state index is 13.7. The van der Waals surface area contributed by atoms with E-state index in [1.165, 1.54) is 18.4 Å². The van der Waals surface area contributed by atoms with Crippen LogP contribution in [0.25, 0.3) is 0 Å². The van der Waals surface area contributed by atoms with Crippen molar-refractivity contribution in [3.05, 3.63) is 53.7 Å². The molecule has 1 aliphatic rings. The lowest BCUT2D eigenvalue weighted by Gasteiger charge is -2.25. The monoisotopic (exact) mass is 374 g/mol. The SMILES string of the molecule is Cc1occc1C(=O)N(CCC(=O)Nc1ccccc1F)C[C@H]1CCCO1. The van der Waals surface area contributed by atoms with Gasteiger partial charge >= 0.3 is 0 Å². The van der Waals surface area contributed by atoms with E-state index < -0.39 is 5.82 Å². The number of anilines is 1. The fraction of sp³-hybridized carbons (Fsp3) is 0.400. The van der Waals surface area contributed by atoms with Gasteiger partial charge in [-0.15, -0.1) is 0 Å². The highest BCUT2D eigenvalue weighted by molar-refractivity contribution is 5.96. The molecule has 6 nitrogen and oxygen atoms in total. The zero-order valence-electron chi connectivity index (χ0n) is 15.2. The molecule has 1 N–H and O–H groups in total. The van der Waals surface area contributed by atoms with Gasteiger partial charge in [0.05, 0.1) is 23.6 Å². The number of furan rings is 1. The third kappa shape index (κ3) is 4.95. The number of carbonyl (C=O) groups excluding carboxylic acids is 2. The van der Waals surface area contributed by atoms with Crippen molar-refractivity contribution in [1.29, 1.82) is 0 Å². The molecule has 0 radical (unpaired) electrons. The molecule has 1 atom stereocenters. The van der Waals surface area contributed by atoms with Crippen molar-refractivity contribution < 1.29 is 23.1 Å². The predicted octanol–water partition coefficient (Wildman–Crippen LogP) is 3.38. The molecule has 1 saturated heterocycles. The number of halogens is 1. The van der Waals surface area contributed by atoms with E-state index in [0.717, 1.165) is 12.8 Å². The molecular weight excluding hydrogens is 351 g/mol. The second kappa shape index (κ2) is 8.81. The van der Waals surface area contributed by atoms with Gasteiger partial charge in [-0.3, -0.25) is 9.59 Å². The van der Waals surface area contributed by atoms with Gasteiger partial charge in [0, 0.05) is 26.1 Å². The average Bonchev–Trinajstić information content (AvgIpc) is 3.31. The topological polar surface area (TPSA) is 71.8 Å². The van der Waals surface area contributed by atoms with Gasteiger partial charge in [0.25, 0.3) is 5.91 Å². The van der Waals surface area contributed by atoms with Crippen LogP contribution in [-0.4, -0.2) is 42.5 Å². The maximum atomic E-state index is 13.7. The first-order chi connectivity index (χ1) is 13.0. The molecule has 0 saturated carbocycles. The van der Waals surface area contributed by atoms with Gasteiger partial charge in [-0.2, -0.15) is 0 Å². The summed E-state index contributed by atoms with van der Waals surface area (Å²) in [6, 6.07) is 7.61. The quantitative estimate of drug-likeness (QED) is 0.807. The Hall–Kier alpha value is -2.67. The first-order valence-electron chi connectivity index (χ1n) is 9.04. The molecule has 1 aromatic heterocycles. The smallest absolute Gasteiger partial charge is 0.257 e. The summed E-state index contributed by atoms with van der Waals surface area (Å²) >= 11 is 0. The molecule has 27 heavy (non-hydrogen) atoms. The number of nitrogens with zero attached hydrogens (tertiary/aromatic N) is 1. The molecule has 0 unspecified atom stereocenters. The van der Waals surface area contributed by atoms with Crippen LogP contribution in [0.4, 0.5) is 10.1 Å². The summed E-state index contributed by atoms with van der Waals surface area (Å²) in [7, 11) is 0. The summed E-state index contributed by atoms with van der Waals surface area (Å²) in [6.45, 7) is 3.04. The van der Waals surface area contributed by atoms with Gasteiger partial charge in [-0.1, -0.05) is 12.1 Å². The van der Waals surface area contributed by atoms with E-state index in [1.807, 2.05) is 0 Å². The largest absolute Gasteiger partial charge is 0.469 e. The lowest BCUT2D eigenvalue weighted by molar-refractivity contribution is -0.116. The summed E-state index contributed by atoms with van der Waals surface area (Å²) in [5.41, 5.74) is 0.604. The van der Waals surface area contributed by atoms with Gasteiger partial charge < -0.3 is 19.4 Å². The number of carbonyl (C=O) groups is 2. The number of benzene rings is 1. The number of ether oxygens (including phenoxy) is 1. The van der Waals surface area contributed by atoms with E-state index in [-0.39, 0.29) is 36.6 Å². The Morgan fingerprint density at radius 1 is 1.30 bits per heavy atom. The minimum absolute atomic E-state index is 0.0317. The van der Waals surface area contributed by atoms with Crippen LogP contribution in [0.3, 0.4) is 0 Å². The highest BCUT2D eigenvalue weighted by Crippen LogP contribution is 2.18. The van der Waals surface area contributed by atoms with Gasteiger partial charge in [0.1, 0.15) is 11.6 Å². The van der Waals surface area contributed by atoms with Crippen LogP contribution in [-0.2, 0) is 9.53 Å². The van der Waals surface area contributed by atoms with Crippen molar-refractivity contribution in [2.75, 3.05) is 25.0 Å². The van der Waals surface area contributed by atoms with Crippen LogP contribution in [0.2, 0.25) is 0 Å². The number of amides is 2. The molecule has 7 heteroatoms. The fourth-order valence-corrected chi connectivity index (χ4v) is 3.10. The van der Waals surface area contributed by atoms with E-state index in [4.69, 9.17) is 9.15 Å². The van der Waals surface area contributed by atoms with Crippen LogP contribution in [0.5, 0.6) is 0 Å². The third-order valence-electron chi connectivity index (χ3n) is 4.58. The van der Waals surface area contributed by atoms with E-state index in [1.54, 1.807) is 30.0 Å². The molecule has 0 bridgehead atoms. The molecule has 1 aromatic carbocycles. The Kier molecular flexibility index (Phi) is 6.24. The van der Waals surface area contributed by atoms with Gasteiger partial charge in [0.15, 0.2) is 0 Å². The zero-order valence-corrected chi connectivity index (χ0v) is 15.2. The van der Waals surface area contributed by atoms with Crippen molar-refractivity contribution in [3.63, 3.8) is 0 Å². The lowest BCUT2D eigenvalue weighted by atomic mass is 10.1. The lowest BCUT2D eigenvalue weighted by Crippen LogP contribution is -2.39. The van der Waals surface area contributed by atoms with Crippen molar-refractivity contribution in [2.24, 2.45) is 0 Å². The Balaban J connectivity index is 1.63. The Morgan fingerprint density at radius 2 is 2.11 bits per heavy atom. The van der Waals surface area contributed by atoms with Gasteiger partial charge in [-0.05, 0) is 38.0 Å². The van der Waals surface area contributed by atoms with Crippen LogP contribution in [0, 0.1) is 12.7 Å². The molecule has 1 aliphatic heterocycles. The highest BCUT2D eigenvalue weighted by Gasteiger charge is 2.25. The van der Waals surface area contributed by atoms with Crippen LogP contribution in [0.15, 0.2) is 41.0 Å². The minimum Gasteiger partial charge on any atom is -0.469 e. The van der Waals surface area contributed by atoms with Crippen LogP contribution < -0.4 is 5.32 Å². The maximum Gasteiger partial charge on any atom is 0.257 e. The van der Waals surface area contributed by atoms with Crippen molar-refractivity contribution in [1.82, 2.24) is 4.90 Å². The number of aryl methyl sites for hydroxylation is 1. The molecule has 0 aliphatic carbocycles. The average molecular weight is 374 g/mol. The van der Waals surface area contributed by atoms with E-state index in [0.29, 0.717) is 24.5 Å². The molecule has 144 valence electrons. The standard InChI is InChI=1S/C20H23FN2O4/c1-14-16(9-12-26-14)20(25)23(13-15-5-4-11-27-15)10-8-19(24)22-18-7-3-2-6-17(18)21/h2-3,6-7,9,12,15H,4-5,8,10-11,13H2,1H3,(H,22,24)/t15-/m1/s1. The molecule has 0 spiro atoms. The number of nitrogens with one attached hydrogen (secondary N) is 1. The molecular formula is C20H23FN2O4. The van der Waals surface area contributed by atoms with Crippen LogP contribution in [0.1, 0.15) is 35.4 Å². The summed E-state index contributed by atoms with van der Waals surface area (Å²) in [5.74, 6) is -0.509. The molecule has 2 aromatic rings. The third-order valence-corrected chi connectivity index (χ3v) is 4.58. The molecule has 2 amide bonds. The number of hydrogen-bond donors (Lipinski definition) is 1. The second-order valence-electron chi connectivity index (χ2n) is 6.55. The fourth-order valence-electron chi connectivity index (χ4n) is 3.10. The Bertz CT molecular complexity index is 799. The van der Waals surface area contributed by atoms with Gasteiger partial charge in [0.2, 0.25) is 5.91 Å². The first-order valence-corrected chi connectivity index (χ1v) is 9.04. The Morgan fingerprint density at radius 3 is 2.78 bits per heavy atom. The molecule has 2 heterocycles.